The number of hydrogen-bond acceptors (Lipinski definition) is 5. The van der Waals surface area contributed by atoms with Gasteiger partial charge in [0.05, 0.1) is 25.3 Å². The first-order valence-electron chi connectivity index (χ1n) is 7.45. The molecule has 0 aromatic heterocycles. The molecule has 0 spiro atoms. The molecular formula is C14H27N3O4. The summed E-state index contributed by atoms with van der Waals surface area (Å²) in [6.07, 6.45) is 0.775. The van der Waals surface area contributed by atoms with Gasteiger partial charge in [-0.05, 0) is 20.3 Å². The molecule has 1 heterocycles. The molecule has 0 radical (unpaired) electrons. The fourth-order valence-electron chi connectivity index (χ4n) is 2.16. The SMILES string of the molecule is COCCCNC(=O)C(C)NC(C)C(=O)N1CCOCC1. The molecule has 1 aliphatic rings. The summed E-state index contributed by atoms with van der Waals surface area (Å²) < 4.78 is 10.1. The summed E-state index contributed by atoms with van der Waals surface area (Å²) in [6, 6.07) is -0.796. The Bertz CT molecular complexity index is 332. The predicted molar refractivity (Wildman–Crippen MR) is 79.0 cm³/mol. The fourth-order valence-corrected chi connectivity index (χ4v) is 2.16. The number of nitrogens with one attached hydrogen (secondary N) is 2. The van der Waals surface area contributed by atoms with E-state index in [1.54, 1.807) is 25.9 Å². The lowest BCUT2D eigenvalue weighted by Crippen LogP contribution is -2.54. The smallest absolute Gasteiger partial charge is 0.239 e. The number of carbonyl (C=O) groups is 2. The molecule has 2 N–H and O–H groups in total. The maximum atomic E-state index is 12.2. The predicted octanol–water partition coefficient (Wildman–Crippen LogP) is -0.635. The third-order valence-electron chi connectivity index (χ3n) is 3.41. The number of rotatable bonds is 8. The molecule has 0 aliphatic carbocycles. The highest BCUT2D eigenvalue weighted by atomic mass is 16.5. The zero-order valence-corrected chi connectivity index (χ0v) is 13.2. The summed E-state index contributed by atoms with van der Waals surface area (Å²) in [6.45, 7) is 7.12. The number of methoxy groups -OCH3 is 1. The molecule has 21 heavy (non-hydrogen) atoms. The minimum atomic E-state index is -0.410. The van der Waals surface area contributed by atoms with Crippen LogP contribution in [0, 0.1) is 0 Å². The van der Waals surface area contributed by atoms with E-state index in [-0.39, 0.29) is 17.9 Å². The van der Waals surface area contributed by atoms with Crippen molar-refractivity contribution < 1.29 is 19.1 Å². The van der Waals surface area contributed by atoms with Gasteiger partial charge >= 0.3 is 0 Å². The molecule has 7 nitrogen and oxygen atoms in total. The topological polar surface area (TPSA) is 79.9 Å². The van der Waals surface area contributed by atoms with E-state index >= 15 is 0 Å². The normalized spacial score (nSPS) is 18.1. The van der Waals surface area contributed by atoms with Crippen molar-refractivity contribution in [1.29, 1.82) is 0 Å². The molecule has 1 saturated heterocycles. The molecule has 0 aromatic carbocycles. The Hall–Kier alpha value is -1.18. The van der Waals surface area contributed by atoms with Crippen LogP contribution in [0.1, 0.15) is 20.3 Å². The third-order valence-corrected chi connectivity index (χ3v) is 3.41. The summed E-state index contributed by atoms with van der Waals surface area (Å²) in [4.78, 5) is 25.9. The van der Waals surface area contributed by atoms with Crippen molar-refractivity contribution >= 4 is 11.8 Å². The van der Waals surface area contributed by atoms with Crippen LogP contribution in [-0.2, 0) is 19.1 Å². The second kappa shape index (κ2) is 9.70. The number of amides is 2. The van der Waals surface area contributed by atoms with Crippen molar-refractivity contribution in [3.8, 4) is 0 Å². The molecule has 2 unspecified atom stereocenters. The Kier molecular flexibility index (Phi) is 8.26. The molecule has 122 valence electrons. The van der Waals surface area contributed by atoms with E-state index in [0.29, 0.717) is 39.5 Å². The molecule has 1 aliphatic heterocycles. The maximum Gasteiger partial charge on any atom is 0.239 e. The minimum Gasteiger partial charge on any atom is -0.385 e. The van der Waals surface area contributed by atoms with Gasteiger partial charge < -0.3 is 19.7 Å². The Morgan fingerprint density at radius 1 is 1.24 bits per heavy atom. The van der Waals surface area contributed by atoms with Gasteiger partial charge in [0.2, 0.25) is 11.8 Å². The number of morpholine rings is 1. The zero-order valence-electron chi connectivity index (χ0n) is 13.2. The monoisotopic (exact) mass is 301 g/mol. The van der Waals surface area contributed by atoms with Gasteiger partial charge in [-0.2, -0.15) is 0 Å². The number of ether oxygens (including phenoxy) is 2. The second-order valence-electron chi connectivity index (χ2n) is 5.19. The second-order valence-corrected chi connectivity index (χ2v) is 5.19. The quantitative estimate of drug-likeness (QED) is 0.583. The largest absolute Gasteiger partial charge is 0.385 e. The molecule has 7 heteroatoms. The molecule has 2 atom stereocenters. The summed E-state index contributed by atoms with van der Waals surface area (Å²) in [5.74, 6) is -0.0925. The van der Waals surface area contributed by atoms with Crippen molar-refractivity contribution in [1.82, 2.24) is 15.5 Å². The molecule has 1 rings (SSSR count). The average Bonchev–Trinajstić information content (AvgIpc) is 2.51. The minimum absolute atomic E-state index is 0.0114. The highest BCUT2D eigenvalue weighted by Crippen LogP contribution is 2.01. The average molecular weight is 301 g/mol. The molecule has 1 fully saturated rings. The summed E-state index contributed by atoms with van der Waals surface area (Å²) >= 11 is 0. The Morgan fingerprint density at radius 3 is 2.52 bits per heavy atom. The van der Waals surface area contributed by atoms with Crippen LogP contribution in [-0.4, -0.2) is 75.4 Å². The fraction of sp³-hybridized carbons (Fsp3) is 0.857. The lowest BCUT2D eigenvalue weighted by molar-refractivity contribution is -0.137. The molecule has 0 aromatic rings. The first kappa shape index (κ1) is 17.9. The van der Waals surface area contributed by atoms with Crippen LogP contribution >= 0.6 is 0 Å². The first-order valence-corrected chi connectivity index (χ1v) is 7.45. The van der Waals surface area contributed by atoms with E-state index in [1.807, 2.05) is 0 Å². The molecule has 0 bridgehead atoms. The van der Waals surface area contributed by atoms with Crippen molar-refractivity contribution in [2.45, 2.75) is 32.4 Å². The van der Waals surface area contributed by atoms with Crippen molar-refractivity contribution in [2.24, 2.45) is 0 Å². The number of hydrogen-bond donors (Lipinski definition) is 2. The van der Waals surface area contributed by atoms with Crippen LogP contribution in [0.25, 0.3) is 0 Å². The Labute approximate surface area is 126 Å². The third kappa shape index (κ3) is 6.41. The number of nitrogens with zero attached hydrogens (tertiary/aromatic N) is 1. The van der Waals surface area contributed by atoms with Gasteiger partial charge in [-0.3, -0.25) is 14.9 Å². The van der Waals surface area contributed by atoms with Gasteiger partial charge in [0.15, 0.2) is 0 Å². The van der Waals surface area contributed by atoms with Gasteiger partial charge in [-0.25, -0.2) is 0 Å². The summed E-state index contributed by atoms with van der Waals surface area (Å²) in [5.41, 5.74) is 0. The highest BCUT2D eigenvalue weighted by molar-refractivity contribution is 5.84. The van der Waals surface area contributed by atoms with Crippen LogP contribution in [0.2, 0.25) is 0 Å². The zero-order chi connectivity index (χ0) is 15.7. The van der Waals surface area contributed by atoms with Crippen LogP contribution in [0.3, 0.4) is 0 Å². The van der Waals surface area contributed by atoms with E-state index < -0.39 is 6.04 Å². The Morgan fingerprint density at radius 2 is 1.90 bits per heavy atom. The van der Waals surface area contributed by atoms with E-state index in [9.17, 15) is 9.59 Å². The lowest BCUT2D eigenvalue weighted by atomic mass is 10.2. The summed E-state index contributed by atoms with van der Waals surface area (Å²) in [5, 5.41) is 5.86. The first-order chi connectivity index (χ1) is 10.1. The van der Waals surface area contributed by atoms with Gasteiger partial charge in [0.25, 0.3) is 0 Å². The van der Waals surface area contributed by atoms with E-state index in [1.165, 1.54) is 0 Å². The lowest BCUT2D eigenvalue weighted by Gasteiger charge is -2.30. The van der Waals surface area contributed by atoms with E-state index in [2.05, 4.69) is 10.6 Å². The highest BCUT2D eigenvalue weighted by Gasteiger charge is 2.25. The van der Waals surface area contributed by atoms with Gasteiger partial charge in [-0.1, -0.05) is 0 Å². The van der Waals surface area contributed by atoms with Gasteiger partial charge in [-0.15, -0.1) is 0 Å². The molecular weight excluding hydrogens is 274 g/mol. The van der Waals surface area contributed by atoms with Crippen molar-refractivity contribution in [3.63, 3.8) is 0 Å². The van der Waals surface area contributed by atoms with Crippen molar-refractivity contribution in [3.05, 3.63) is 0 Å². The van der Waals surface area contributed by atoms with Gasteiger partial charge in [0.1, 0.15) is 0 Å². The van der Waals surface area contributed by atoms with Gasteiger partial charge in [0, 0.05) is 33.4 Å². The van der Waals surface area contributed by atoms with Crippen LogP contribution < -0.4 is 10.6 Å². The molecule has 0 saturated carbocycles. The van der Waals surface area contributed by atoms with E-state index in [4.69, 9.17) is 9.47 Å². The standard InChI is InChI=1S/C14H27N3O4/c1-11(13(18)15-5-4-8-20-3)16-12(2)14(19)17-6-9-21-10-7-17/h11-12,16H,4-10H2,1-3H3,(H,15,18). The van der Waals surface area contributed by atoms with Crippen molar-refractivity contribution in [2.75, 3.05) is 46.6 Å². The van der Waals surface area contributed by atoms with Crippen LogP contribution in [0.5, 0.6) is 0 Å². The Balaban J connectivity index is 2.29. The van der Waals surface area contributed by atoms with Crippen LogP contribution in [0.4, 0.5) is 0 Å². The number of carbonyl (C=O) groups excluding carboxylic acids is 2. The van der Waals surface area contributed by atoms with Crippen LogP contribution in [0.15, 0.2) is 0 Å². The summed E-state index contributed by atoms with van der Waals surface area (Å²) in [7, 11) is 1.63. The molecule has 2 amide bonds. The van der Waals surface area contributed by atoms with E-state index in [0.717, 1.165) is 6.42 Å². The maximum absolute atomic E-state index is 12.2.